The van der Waals surface area contributed by atoms with Crippen molar-refractivity contribution in [2.75, 3.05) is 16.4 Å². The van der Waals surface area contributed by atoms with Crippen LogP contribution in [0.4, 0.5) is 5.69 Å². The molecule has 102 valence electrons. The fraction of sp³-hybridized carbons (Fsp3) is 0.364. The summed E-state index contributed by atoms with van der Waals surface area (Å²) >= 11 is 13.2. The molecular weight excluding hydrogens is 327 g/mol. The smallest absolute Gasteiger partial charge is 0.161 e. The average molecular weight is 337 g/mol. The number of fused-ring (bicyclic) bond motifs is 1. The van der Waals surface area contributed by atoms with Crippen LogP contribution in [0.1, 0.15) is 0 Å². The molecule has 0 aromatic heterocycles. The third-order valence-electron chi connectivity index (χ3n) is 3.27. The second kappa shape index (κ2) is 4.55. The van der Waals surface area contributed by atoms with Gasteiger partial charge in [-0.15, -0.1) is 0 Å². The van der Waals surface area contributed by atoms with Gasteiger partial charge in [0.05, 0.1) is 27.6 Å². The second-order valence-corrected chi connectivity index (χ2v) is 8.77. The lowest BCUT2D eigenvalue weighted by molar-refractivity contribution is 0.601. The zero-order valence-corrected chi connectivity index (χ0v) is 12.8. The summed E-state index contributed by atoms with van der Waals surface area (Å²) in [5, 5.41) is 9.16. The molecule has 0 saturated carbocycles. The summed E-state index contributed by atoms with van der Waals surface area (Å²) in [5.41, 5.74) is 0.719. The fourth-order valence-corrected chi connectivity index (χ4v) is 6.53. The van der Waals surface area contributed by atoms with E-state index in [0.717, 1.165) is 5.69 Å². The van der Waals surface area contributed by atoms with Crippen molar-refractivity contribution < 1.29 is 8.42 Å². The van der Waals surface area contributed by atoms with E-state index in [4.69, 9.17) is 28.6 Å². The Hall–Kier alpha value is -0.430. The normalized spacial score (nSPS) is 28.7. The molecule has 1 N–H and O–H groups in total. The highest BCUT2D eigenvalue weighted by Crippen LogP contribution is 2.41. The third kappa shape index (κ3) is 2.35. The van der Waals surface area contributed by atoms with Gasteiger partial charge < -0.3 is 4.90 Å². The molecule has 0 spiro atoms. The van der Waals surface area contributed by atoms with Gasteiger partial charge in [-0.3, -0.25) is 5.41 Å². The summed E-state index contributed by atoms with van der Waals surface area (Å²) in [6.07, 6.45) is 0. The molecule has 2 aliphatic heterocycles. The Morgan fingerprint density at radius 1 is 1.26 bits per heavy atom. The first-order valence-electron chi connectivity index (χ1n) is 5.57. The Morgan fingerprint density at radius 2 is 2.00 bits per heavy atom. The molecule has 2 fully saturated rings. The van der Waals surface area contributed by atoms with Crippen molar-refractivity contribution in [3.05, 3.63) is 28.2 Å². The lowest BCUT2D eigenvalue weighted by atomic mass is 10.2. The molecule has 2 aliphatic rings. The fourth-order valence-electron chi connectivity index (χ4n) is 2.44. The van der Waals surface area contributed by atoms with Crippen LogP contribution in [0.3, 0.4) is 0 Å². The van der Waals surface area contributed by atoms with Crippen LogP contribution in [0.25, 0.3) is 0 Å². The van der Waals surface area contributed by atoms with Crippen LogP contribution in [0.2, 0.25) is 10.0 Å². The van der Waals surface area contributed by atoms with Gasteiger partial charge in [0.2, 0.25) is 0 Å². The van der Waals surface area contributed by atoms with Crippen LogP contribution >= 0.6 is 35.0 Å². The quantitative estimate of drug-likeness (QED) is 0.856. The minimum atomic E-state index is -3.01. The highest BCUT2D eigenvalue weighted by molar-refractivity contribution is 8.15. The number of rotatable bonds is 1. The van der Waals surface area contributed by atoms with E-state index in [1.165, 1.54) is 11.8 Å². The molecule has 2 atom stereocenters. The molecule has 4 nitrogen and oxygen atoms in total. The van der Waals surface area contributed by atoms with Gasteiger partial charge in [0.1, 0.15) is 0 Å². The summed E-state index contributed by atoms with van der Waals surface area (Å²) in [5.74, 6) is 0.232. The van der Waals surface area contributed by atoms with Crippen LogP contribution < -0.4 is 4.90 Å². The SMILES string of the molecule is N=C1S[C@@H]2CS(=O)(=O)C[C@@H]2N1c1ccc(Cl)c(Cl)c1. The Bertz CT molecular complexity index is 663. The zero-order chi connectivity index (χ0) is 13.8. The van der Waals surface area contributed by atoms with Crippen LogP contribution in [0, 0.1) is 5.41 Å². The maximum atomic E-state index is 11.7. The Labute approximate surface area is 125 Å². The maximum absolute atomic E-state index is 11.7. The van der Waals surface area contributed by atoms with Gasteiger partial charge in [0.15, 0.2) is 15.0 Å². The molecule has 19 heavy (non-hydrogen) atoms. The van der Waals surface area contributed by atoms with Gasteiger partial charge in [-0.25, -0.2) is 8.42 Å². The molecule has 0 radical (unpaired) electrons. The number of thioether (sulfide) groups is 1. The molecule has 1 aromatic rings. The van der Waals surface area contributed by atoms with Gasteiger partial charge in [-0.05, 0) is 18.2 Å². The first-order chi connectivity index (χ1) is 8.87. The molecule has 0 aliphatic carbocycles. The summed E-state index contributed by atoms with van der Waals surface area (Å²) < 4.78 is 23.4. The van der Waals surface area contributed by atoms with E-state index in [1.807, 2.05) is 0 Å². The van der Waals surface area contributed by atoms with E-state index in [9.17, 15) is 8.42 Å². The highest BCUT2D eigenvalue weighted by Gasteiger charge is 2.48. The number of sulfone groups is 1. The number of halogens is 2. The number of amidine groups is 1. The van der Waals surface area contributed by atoms with Crippen LogP contribution in [-0.2, 0) is 9.84 Å². The number of anilines is 1. The molecular formula is C11H10Cl2N2O2S2. The van der Waals surface area contributed by atoms with E-state index >= 15 is 0 Å². The number of hydrogen-bond acceptors (Lipinski definition) is 4. The van der Waals surface area contributed by atoms with E-state index in [2.05, 4.69) is 0 Å². The topological polar surface area (TPSA) is 61.2 Å². The van der Waals surface area contributed by atoms with Gasteiger partial charge in [-0.1, -0.05) is 35.0 Å². The molecule has 0 bridgehead atoms. The highest BCUT2D eigenvalue weighted by atomic mass is 35.5. The van der Waals surface area contributed by atoms with E-state index in [0.29, 0.717) is 15.2 Å². The predicted octanol–water partition coefficient (Wildman–Crippen LogP) is 2.65. The number of nitrogens with one attached hydrogen (secondary N) is 1. The molecule has 8 heteroatoms. The largest absolute Gasteiger partial charge is 0.316 e. The van der Waals surface area contributed by atoms with Crippen molar-refractivity contribution in [2.24, 2.45) is 0 Å². The first-order valence-corrected chi connectivity index (χ1v) is 9.03. The second-order valence-electron chi connectivity index (χ2n) is 4.57. The molecule has 0 amide bonds. The standard InChI is InChI=1S/C11H10Cl2N2O2S2/c12-7-2-1-6(3-8(7)13)15-9-4-19(16,17)5-10(9)18-11(15)14/h1-3,9-10,14H,4-5H2/t9-,10+/m0/s1. The van der Waals surface area contributed by atoms with Crippen molar-refractivity contribution in [2.45, 2.75) is 11.3 Å². The van der Waals surface area contributed by atoms with Crippen molar-refractivity contribution in [1.82, 2.24) is 0 Å². The van der Waals surface area contributed by atoms with Crippen LogP contribution in [0.5, 0.6) is 0 Å². The Balaban J connectivity index is 1.99. The van der Waals surface area contributed by atoms with Gasteiger partial charge in [0.25, 0.3) is 0 Å². The van der Waals surface area contributed by atoms with Crippen LogP contribution in [0.15, 0.2) is 18.2 Å². The Kier molecular flexibility index (Phi) is 3.24. The molecule has 2 heterocycles. The summed E-state index contributed by atoms with van der Waals surface area (Å²) in [4.78, 5) is 1.74. The van der Waals surface area contributed by atoms with Gasteiger partial charge >= 0.3 is 0 Å². The van der Waals surface area contributed by atoms with Gasteiger partial charge in [0, 0.05) is 10.9 Å². The number of nitrogens with zero attached hydrogens (tertiary/aromatic N) is 1. The maximum Gasteiger partial charge on any atom is 0.161 e. The Morgan fingerprint density at radius 3 is 2.68 bits per heavy atom. The minimum Gasteiger partial charge on any atom is -0.316 e. The lowest BCUT2D eigenvalue weighted by Crippen LogP contribution is -2.37. The van der Waals surface area contributed by atoms with Crippen LogP contribution in [-0.4, -0.2) is 36.4 Å². The van der Waals surface area contributed by atoms with E-state index in [-0.39, 0.29) is 22.8 Å². The molecule has 0 unspecified atom stereocenters. The van der Waals surface area contributed by atoms with Crippen molar-refractivity contribution >= 4 is 55.7 Å². The van der Waals surface area contributed by atoms with E-state index < -0.39 is 9.84 Å². The van der Waals surface area contributed by atoms with Crippen molar-refractivity contribution in [1.29, 1.82) is 5.41 Å². The average Bonchev–Trinajstić information content (AvgIpc) is 2.73. The predicted molar refractivity (Wildman–Crippen MR) is 80.5 cm³/mol. The monoisotopic (exact) mass is 336 g/mol. The lowest BCUT2D eigenvalue weighted by Gasteiger charge is -2.24. The number of benzene rings is 1. The summed E-state index contributed by atoms with van der Waals surface area (Å²) in [7, 11) is -3.01. The van der Waals surface area contributed by atoms with Crippen molar-refractivity contribution in [3.8, 4) is 0 Å². The zero-order valence-electron chi connectivity index (χ0n) is 9.64. The molecule has 1 aromatic carbocycles. The van der Waals surface area contributed by atoms with Crippen molar-refractivity contribution in [3.63, 3.8) is 0 Å². The minimum absolute atomic E-state index is 0.0630. The third-order valence-corrected chi connectivity index (χ3v) is 7.14. The summed E-state index contributed by atoms with van der Waals surface area (Å²) in [6.45, 7) is 0. The molecule has 2 saturated heterocycles. The number of hydrogen-bond donors (Lipinski definition) is 1. The first kappa shape index (κ1) is 13.5. The van der Waals surface area contributed by atoms with Gasteiger partial charge in [-0.2, -0.15) is 0 Å². The summed E-state index contributed by atoms with van der Waals surface area (Å²) in [6, 6.07) is 4.91. The van der Waals surface area contributed by atoms with E-state index in [1.54, 1.807) is 23.1 Å². The molecule has 3 rings (SSSR count).